The summed E-state index contributed by atoms with van der Waals surface area (Å²) in [5.74, 6) is -0.654. The molecule has 0 aliphatic rings. The van der Waals surface area contributed by atoms with Gasteiger partial charge in [-0.1, -0.05) is 35.6 Å². The predicted octanol–water partition coefficient (Wildman–Crippen LogP) is 2.91. The fourth-order valence-corrected chi connectivity index (χ4v) is 4.42. The average molecular weight is 375 g/mol. The normalized spacial score (nSPS) is 11.4. The number of aromatic nitrogens is 1. The van der Waals surface area contributed by atoms with Gasteiger partial charge in [0.05, 0.1) is 20.9 Å². The van der Waals surface area contributed by atoms with Gasteiger partial charge in [0, 0.05) is 6.42 Å². The van der Waals surface area contributed by atoms with Crippen LogP contribution in [0.15, 0.2) is 53.4 Å². The van der Waals surface area contributed by atoms with E-state index < -0.39 is 15.7 Å². The third-order valence-corrected chi connectivity index (χ3v) is 6.22. The summed E-state index contributed by atoms with van der Waals surface area (Å²) in [7, 11) is -3.47. The number of rotatable bonds is 6. The Bertz CT molecular complexity index is 998. The van der Waals surface area contributed by atoms with E-state index in [2.05, 4.69) is 15.8 Å². The highest BCUT2D eigenvalue weighted by atomic mass is 32.2. The largest absolute Gasteiger partial charge is 0.273 e. The number of carbonyl (C=O) groups excluding carboxylic acids is 1. The number of sulfone groups is 1. The minimum absolute atomic E-state index is 0.131. The zero-order valence-corrected chi connectivity index (χ0v) is 15.2. The van der Waals surface area contributed by atoms with Crippen LogP contribution >= 0.6 is 11.3 Å². The van der Waals surface area contributed by atoms with Crippen LogP contribution in [0, 0.1) is 6.92 Å². The number of hydrogen-bond acceptors (Lipinski definition) is 6. The Labute approximate surface area is 149 Å². The molecule has 8 heteroatoms. The van der Waals surface area contributed by atoms with Crippen LogP contribution in [0.3, 0.4) is 0 Å². The van der Waals surface area contributed by atoms with Gasteiger partial charge in [-0.15, -0.1) is 0 Å². The minimum atomic E-state index is -3.47. The maximum absolute atomic E-state index is 12.1. The van der Waals surface area contributed by atoms with Crippen molar-refractivity contribution in [2.24, 2.45) is 0 Å². The third-order valence-electron chi connectivity index (χ3n) is 3.55. The molecule has 1 aromatic heterocycles. The van der Waals surface area contributed by atoms with Crippen molar-refractivity contribution in [3.63, 3.8) is 0 Å². The number of hydrogen-bond donors (Lipinski definition) is 2. The van der Waals surface area contributed by atoms with Crippen molar-refractivity contribution < 1.29 is 13.2 Å². The molecule has 0 unspecified atom stereocenters. The maximum Gasteiger partial charge on any atom is 0.239 e. The van der Waals surface area contributed by atoms with E-state index in [0.29, 0.717) is 5.13 Å². The number of carbonyl (C=O) groups is 1. The highest BCUT2D eigenvalue weighted by Crippen LogP contribution is 2.26. The Morgan fingerprint density at radius 2 is 1.92 bits per heavy atom. The highest BCUT2D eigenvalue weighted by molar-refractivity contribution is 7.91. The first-order valence-electron chi connectivity index (χ1n) is 7.64. The number of anilines is 1. The highest BCUT2D eigenvalue weighted by Gasteiger charge is 2.16. The van der Waals surface area contributed by atoms with Crippen LogP contribution in [-0.2, 0) is 14.6 Å². The van der Waals surface area contributed by atoms with E-state index in [1.54, 1.807) is 18.2 Å². The molecule has 1 amide bonds. The third kappa shape index (κ3) is 4.34. The predicted molar refractivity (Wildman–Crippen MR) is 99.2 cm³/mol. The second-order valence-corrected chi connectivity index (χ2v) is 8.69. The molecule has 0 saturated heterocycles. The van der Waals surface area contributed by atoms with Gasteiger partial charge >= 0.3 is 0 Å². The first kappa shape index (κ1) is 17.4. The molecule has 0 aliphatic heterocycles. The molecule has 0 bridgehead atoms. The fraction of sp³-hybridized carbons (Fsp3) is 0.176. The average Bonchev–Trinajstić information content (AvgIpc) is 3.01. The summed E-state index contributed by atoms with van der Waals surface area (Å²) in [6.07, 6.45) is -0.131. The van der Waals surface area contributed by atoms with Gasteiger partial charge in [-0.2, -0.15) is 0 Å². The summed E-state index contributed by atoms with van der Waals surface area (Å²) < 4.78 is 25.3. The van der Waals surface area contributed by atoms with Crippen LogP contribution in [0.1, 0.15) is 12.0 Å². The number of fused-ring (bicyclic) bond motifs is 1. The Hall–Kier alpha value is -2.45. The van der Waals surface area contributed by atoms with Gasteiger partial charge in [0.2, 0.25) is 11.0 Å². The fourth-order valence-electron chi connectivity index (χ4n) is 2.24. The lowest BCUT2D eigenvalue weighted by atomic mass is 10.2. The number of aryl methyl sites for hydroxylation is 1. The van der Waals surface area contributed by atoms with Crippen LogP contribution in [-0.4, -0.2) is 25.1 Å². The lowest BCUT2D eigenvalue weighted by Gasteiger charge is -2.06. The minimum Gasteiger partial charge on any atom is -0.273 e. The number of benzene rings is 2. The van der Waals surface area contributed by atoms with Crippen molar-refractivity contribution in [2.45, 2.75) is 18.2 Å². The zero-order valence-electron chi connectivity index (χ0n) is 13.5. The Morgan fingerprint density at radius 1 is 1.16 bits per heavy atom. The van der Waals surface area contributed by atoms with Gasteiger partial charge in [-0.25, -0.2) is 13.4 Å². The molecule has 3 aromatic rings. The second kappa shape index (κ2) is 7.20. The van der Waals surface area contributed by atoms with Crippen molar-refractivity contribution in [2.75, 3.05) is 11.2 Å². The molecule has 2 aromatic carbocycles. The van der Waals surface area contributed by atoms with E-state index in [4.69, 9.17) is 0 Å². The summed E-state index contributed by atoms with van der Waals surface area (Å²) in [6.45, 7) is 2.00. The van der Waals surface area contributed by atoms with Crippen LogP contribution in [0.2, 0.25) is 0 Å². The maximum atomic E-state index is 12.1. The van der Waals surface area contributed by atoms with E-state index in [-0.39, 0.29) is 17.1 Å². The molecular formula is C17H17N3O3S2. The molecule has 25 heavy (non-hydrogen) atoms. The summed E-state index contributed by atoms with van der Waals surface area (Å²) in [6, 6.07) is 14.0. The summed E-state index contributed by atoms with van der Waals surface area (Å²) in [5, 5.41) is 0.555. The molecule has 0 atom stereocenters. The SMILES string of the molecule is Cc1ccc2nc(NNC(=O)CCS(=O)(=O)c3ccccc3)sc2c1. The van der Waals surface area contributed by atoms with Crippen molar-refractivity contribution in [3.8, 4) is 0 Å². The van der Waals surface area contributed by atoms with E-state index in [0.717, 1.165) is 15.8 Å². The molecule has 1 heterocycles. The van der Waals surface area contributed by atoms with Gasteiger partial charge < -0.3 is 0 Å². The molecule has 0 aliphatic carbocycles. The van der Waals surface area contributed by atoms with Crippen molar-refractivity contribution in [3.05, 3.63) is 54.1 Å². The van der Waals surface area contributed by atoms with Crippen LogP contribution < -0.4 is 10.9 Å². The lowest BCUT2D eigenvalue weighted by Crippen LogP contribution is -2.30. The summed E-state index contributed by atoms with van der Waals surface area (Å²) >= 11 is 1.42. The zero-order chi connectivity index (χ0) is 17.9. The standard InChI is InChI=1S/C17H17N3O3S2/c1-12-7-8-14-15(11-12)24-17(18-14)20-19-16(21)9-10-25(22,23)13-5-3-2-4-6-13/h2-8,11H,9-10H2,1H3,(H,18,20)(H,19,21). The smallest absolute Gasteiger partial charge is 0.239 e. The van der Waals surface area contributed by atoms with Crippen LogP contribution in [0.5, 0.6) is 0 Å². The van der Waals surface area contributed by atoms with Gasteiger partial charge in [-0.3, -0.25) is 15.6 Å². The van der Waals surface area contributed by atoms with E-state index in [1.165, 1.54) is 23.5 Å². The van der Waals surface area contributed by atoms with Gasteiger partial charge in [0.1, 0.15) is 0 Å². The van der Waals surface area contributed by atoms with Crippen molar-refractivity contribution in [1.82, 2.24) is 10.4 Å². The van der Waals surface area contributed by atoms with E-state index in [9.17, 15) is 13.2 Å². The Balaban J connectivity index is 1.55. The number of amides is 1. The second-order valence-electron chi connectivity index (χ2n) is 5.55. The van der Waals surface area contributed by atoms with Gasteiger partial charge in [0.25, 0.3) is 0 Å². The first-order valence-corrected chi connectivity index (χ1v) is 10.1. The Morgan fingerprint density at radius 3 is 2.68 bits per heavy atom. The Kier molecular flexibility index (Phi) is 5.00. The topological polar surface area (TPSA) is 88.2 Å². The molecular weight excluding hydrogens is 358 g/mol. The van der Waals surface area contributed by atoms with E-state index in [1.807, 2.05) is 25.1 Å². The van der Waals surface area contributed by atoms with Crippen molar-refractivity contribution >= 4 is 42.4 Å². The lowest BCUT2D eigenvalue weighted by molar-refractivity contribution is -0.120. The molecule has 6 nitrogen and oxygen atoms in total. The quantitative estimate of drug-likeness (QED) is 0.647. The molecule has 3 rings (SSSR count). The number of nitrogens with zero attached hydrogens (tertiary/aromatic N) is 1. The summed E-state index contributed by atoms with van der Waals surface area (Å²) in [4.78, 5) is 16.5. The molecule has 0 spiro atoms. The molecule has 0 saturated carbocycles. The van der Waals surface area contributed by atoms with Gasteiger partial charge in [0.15, 0.2) is 9.84 Å². The van der Waals surface area contributed by atoms with Crippen LogP contribution in [0.4, 0.5) is 5.13 Å². The van der Waals surface area contributed by atoms with E-state index >= 15 is 0 Å². The molecule has 0 fully saturated rings. The molecule has 0 radical (unpaired) electrons. The summed E-state index contributed by atoms with van der Waals surface area (Å²) in [5.41, 5.74) is 7.22. The monoisotopic (exact) mass is 375 g/mol. The molecule has 130 valence electrons. The first-order chi connectivity index (χ1) is 11.9. The molecule has 2 N–H and O–H groups in total. The van der Waals surface area contributed by atoms with Crippen LogP contribution in [0.25, 0.3) is 10.2 Å². The van der Waals surface area contributed by atoms with Gasteiger partial charge in [-0.05, 0) is 36.8 Å². The van der Waals surface area contributed by atoms with Crippen molar-refractivity contribution in [1.29, 1.82) is 0 Å². The number of nitrogens with one attached hydrogen (secondary N) is 2. The number of hydrazine groups is 1. The number of thiazole rings is 1.